The maximum absolute atomic E-state index is 12.4. The van der Waals surface area contributed by atoms with Crippen molar-refractivity contribution in [3.63, 3.8) is 0 Å². The lowest BCUT2D eigenvalue weighted by atomic mass is 9.90. The van der Waals surface area contributed by atoms with Crippen LogP contribution in [-0.4, -0.2) is 43.2 Å². The van der Waals surface area contributed by atoms with E-state index in [-0.39, 0.29) is 5.91 Å². The molecule has 0 unspecified atom stereocenters. The molecule has 150 valence electrons. The number of likely N-dealkylation sites (tertiary alicyclic amines) is 1. The lowest BCUT2D eigenvalue weighted by Crippen LogP contribution is -2.37. The maximum atomic E-state index is 12.4. The van der Waals surface area contributed by atoms with Crippen molar-refractivity contribution in [2.45, 2.75) is 19.3 Å². The third-order valence-corrected chi connectivity index (χ3v) is 6.61. The number of amidine groups is 1. The van der Waals surface area contributed by atoms with Gasteiger partial charge < -0.3 is 9.80 Å². The van der Waals surface area contributed by atoms with E-state index in [9.17, 15) is 4.79 Å². The molecule has 0 aromatic heterocycles. The van der Waals surface area contributed by atoms with Gasteiger partial charge in [-0.3, -0.25) is 4.79 Å². The molecular weight excluding hydrogens is 378 g/mol. The summed E-state index contributed by atoms with van der Waals surface area (Å²) in [6, 6.07) is 18.9. The van der Waals surface area contributed by atoms with E-state index in [2.05, 4.69) is 57.3 Å². The molecule has 1 fully saturated rings. The molecule has 2 aliphatic heterocycles. The molecular formula is C24H27N3OS. The highest BCUT2D eigenvalue weighted by Gasteiger charge is 2.29. The fraction of sp³-hybridized carbons (Fsp3) is 0.333. The molecule has 2 aromatic carbocycles. The normalized spacial score (nSPS) is 19.0. The molecule has 1 amide bonds. The minimum absolute atomic E-state index is 0.118. The lowest BCUT2D eigenvalue weighted by molar-refractivity contribution is -0.113. The van der Waals surface area contributed by atoms with E-state index >= 15 is 0 Å². The van der Waals surface area contributed by atoms with Gasteiger partial charge in [-0.1, -0.05) is 42.5 Å². The van der Waals surface area contributed by atoms with Crippen LogP contribution in [0.25, 0.3) is 6.08 Å². The smallest absolute Gasteiger partial charge is 0.286 e. The Labute approximate surface area is 177 Å². The van der Waals surface area contributed by atoms with Crippen LogP contribution in [0.1, 0.15) is 24.0 Å². The number of thioether (sulfide) groups is 1. The molecule has 5 heteroatoms. The van der Waals surface area contributed by atoms with Crippen LogP contribution >= 0.6 is 11.8 Å². The first-order valence-electron chi connectivity index (χ1n) is 10.2. The van der Waals surface area contributed by atoms with E-state index in [0.717, 1.165) is 48.8 Å². The largest absolute Gasteiger partial charge is 0.378 e. The van der Waals surface area contributed by atoms with Crippen molar-refractivity contribution in [3.8, 4) is 0 Å². The molecule has 1 saturated heterocycles. The molecule has 0 N–H and O–H groups in total. The highest BCUT2D eigenvalue weighted by molar-refractivity contribution is 8.18. The summed E-state index contributed by atoms with van der Waals surface area (Å²) in [6.07, 6.45) is 5.38. The number of amides is 1. The van der Waals surface area contributed by atoms with Gasteiger partial charge >= 0.3 is 0 Å². The Balaban J connectivity index is 1.34. The minimum Gasteiger partial charge on any atom is -0.378 e. The average Bonchev–Trinajstić information content (AvgIpc) is 3.10. The van der Waals surface area contributed by atoms with E-state index in [0.29, 0.717) is 10.8 Å². The number of benzene rings is 2. The minimum atomic E-state index is -0.118. The maximum Gasteiger partial charge on any atom is 0.286 e. The van der Waals surface area contributed by atoms with Crippen molar-refractivity contribution in [1.29, 1.82) is 0 Å². The van der Waals surface area contributed by atoms with E-state index in [4.69, 9.17) is 0 Å². The van der Waals surface area contributed by atoms with E-state index in [1.165, 1.54) is 17.3 Å². The first kappa shape index (κ1) is 19.8. The number of rotatable bonds is 4. The van der Waals surface area contributed by atoms with Crippen molar-refractivity contribution in [2.24, 2.45) is 10.9 Å². The SMILES string of the molecule is CN(C)c1ccc(/C=C2/SC(N3CCC(Cc4ccccc4)CC3)=NC2=O)cc1. The molecule has 4 rings (SSSR count). The number of hydrogen-bond acceptors (Lipinski definition) is 4. The molecule has 0 spiro atoms. The summed E-state index contributed by atoms with van der Waals surface area (Å²) in [5.41, 5.74) is 3.59. The fourth-order valence-electron chi connectivity index (χ4n) is 3.83. The molecule has 4 nitrogen and oxygen atoms in total. The van der Waals surface area contributed by atoms with Crippen LogP contribution in [0.2, 0.25) is 0 Å². The Bertz CT molecular complexity index is 911. The molecule has 0 radical (unpaired) electrons. The summed E-state index contributed by atoms with van der Waals surface area (Å²) in [5.74, 6) is 0.592. The van der Waals surface area contributed by atoms with Crippen LogP contribution in [0.4, 0.5) is 5.69 Å². The van der Waals surface area contributed by atoms with Crippen molar-refractivity contribution >= 4 is 34.6 Å². The van der Waals surface area contributed by atoms with Gasteiger partial charge in [0.25, 0.3) is 5.91 Å². The Morgan fingerprint density at radius 3 is 2.41 bits per heavy atom. The van der Waals surface area contributed by atoms with Gasteiger partial charge in [-0.05, 0) is 66.3 Å². The molecule has 0 atom stereocenters. The highest BCUT2D eigenvalue weighted by atomic mass is 32.2. The number of carbonyl (C=O) groups is 1. The molecule has 29 heavy (non-hydrogen) atoms. The fourth-order valence-corrected chi connectivity index (χ4v) is 4.79. The van der Waals surface area contributed by atoms with Crippen LogP contribution in [0.15, 0.2) is 64.5 Å². The Morgan fingerprint density at radius 1 is 1.07 bits per heavy atom. The van der Waals surface area contributed by atoms with E-state index in [1.807, 2.05) is 32.3 Å². The van der Waals surface area contributed by atoms with Crippen molar-refractivity contribution in [1.82, 2.24) is 4.90 Å². The monoisotopic (exact) mass is 405 g/mol. The number of aliphatic imine (C=N–C) groups is 1. The van der Waals surface area contributed by atoms with Gasteiger partial charge in [0.05, 0.1) is 4.91 Å². The summed E-state index contributed by atoms with van der Waals surface area (Å²) < 4.78 is 0. The predicted molar refractivity (Wildman–Crippen MR) is 123 cm³/mol. The average molecular weight is 406 g/mol. The topological polar surface area (TPSA) is 35.9 Å². The zero-order valence-electron chi connectivity index (χ0n) is 17.0. The predicted octanol–water partition coefficient (Wildman–Crippen LogP) is 4.68. The summed E-state index contributed by atoms with van der Waals surface area (Å²) in [5, 5.41) is 0.865. The molecule has 2 heterocycles. The number of piperidine rings is 1. The second-order valence-electron chi connectivity index (χ2n) is 7.92. The first-order valence-corrected chi connectivity index (χ1v) is 11.0. The van der Waals surface area contributed by atoms with Gasteiger partial charge in [-0.2, -0.15) is 4.99 Å². The van der Waals surface area contributed by atoms with Crippen LogP contribution in [0.5, 0.6) is 0 Å². The second-order valence-corrected chi connectivity index (χ2v) is 8.93. The Kier molecular flexibility index (Phi) is 6.05. The quantitative estimate of drug-likeness (QED) is 0.692. The number of hydrogen-bond donors (Lipinski definition) is 0. The summed E-state index contributed by atoms with van der Waals surface area (Å²) in [7, 11) is 4.04. The van der Waals surface area contributed by atoms with Gasteiger partial charge in [0.1, 0.15) is 0 Å². The van der Waals surface area contributed by atoms with Crippen molar-refractivity contribution in [2.75, 3.05) is 32.1 Å². The summed E-state index contributed by atoms with van der Waals surface area (Å²) >= 11 is 1.51. The molecule has 2 aromatic rings. The van der Waals surface area contributed by atoms with Gasteiger partial charge in [0.2, 0.25) is 0 Å². The van der Waals surface area contributed by atoms with E-state index < -0.39 is 0 Å². The zero-order valence-corrected chi connectivity index (χ0v) is 17.9. The van der Waals surface area contributed by atoms with Gasteiger partial charge in [-0.15, -0.1) is 0 Å². The van der Waals surface area contributed by atoms with Gasteiger partial charge in [0.15, 0.2) is 5.17 Å². The number of carbonyl (C=O) groups excluding carboxylic acids is 1. The van der Waals surface area contributed by atoms with Crippen LogP contribution in [-0.2, 0) is 11.2 Å². The molecule has 2 aliphatic rings. The van der Waals surface area contributed by atoms with Crippen LogP contribution in [0, 0.1) is 5.92 Å². The third-order valence-electron chi connectivity index (χ3n) is 5.57. The second kappa shape index (κ2) is 8.87. The zero-order chi connectivity index (χ0) is 20.2. The molecule has 0 saturated carbocycles. The van der Waals surface area contributed by atoms with Gasteiger partial charge in [-0.25, -0.2) is 0 Å². The molecule has 0 aliphatic carbocycles. The van der Waals surface area contributed by atoms with Gasteiger partial charge in [0, 0.05) is 32.9 Å². The number of anilines is 1. The standard InChI is InChI=1S/C24H27N3OS/c1-26(2)21-10-8-19(9-11-21)17-22-23(28)25-24(29-22)27-14-12-20(13-15-27)16-18-6-4-3-5-7-18/h3-11,17,20H,12-16H2,1-2H3/b22-17+. The lowest BCUT2D eigenvalue weighted by Gasteiger charge is -2.32. The van der Waals surface area contributed by atoms with Crippen molar-refractivity contribution < 1.29 is 4.79 Å². The Hall–Kier alpha value is -2.53. The first-order chi connectivity index (χ1) is 14.1. The summed E-state index contributed by atoms with van der Waals surface area (Å²) in [4.78, 5) is 21.8. The van der Waals surface area contributed by atoms with Crippen LogP contribution in [0.3, 0.4) is 0 Å². The number of nitrogens with zero attached hydrogens (tertiary/aromatic N) is 3. The van der Waals surface area contributed by atoms with E-state index in [1.54, 1.807) is 0 Å². The van der Waals surface area contributed by atoms with Crippen molar-refractivity contribution in [3.05, 3.63) is 70.6 Å². The summed E-state index contributed by atoms with van der Waals surface area (Å²) in [6.45, 7) is 1.95. The third kappa shape index (κ3) is 4.91. The van der Waals surface area contributed by atoms with Crippen LogP contribution < -0.4 is 4.90 Å². The Morgan fingerprint density at radius 2 is 1.76 bits per heavy atom. The molecule has 0 bridgehead atoms. The highest BCUT2D eigenvalue weighted by Crippen LogP contribution is 2.33.